The minimum Gasteiger partial charge on any atom is -0.328 e. The van der Waals surface area contributed by atoms with Crippen LogP contribution in [0.25, 0.3) is 0 Å². The number of allylic oxidation sites excluding steroid dienone is 4. The summed E-state index contributed by atoms with van der Waals surface area (Å²) in [5.41, 5.74) is 2.86. The zero-order valence-electron chi connectivity index (χ0n) is 8.99. The van der Waals surface area contributed by atoms with Crippen LogP contribution in [0.5, 0.6) is 0 Å². The SMILES string of the molecule is CC(C)(C)C1=CC=CN2CN=CC=C12. The van der Waals surface area contributed by atoms with Gasteiger partial charge in [-0.25, -0.2) is 0 Å². The molecule has 2 rings (SSSR count). The molecule has 0 fully saturated rings. The van der Waals surface area contributed by atoms with Gasteiger partial charge in [-0.2, -0.15) is 0 Å². The molecule has 14 heavy (non-hydrogen) atoms. The maximum absolute atomic E-state index is 4.22. The molecule has 2 aliphatic heterocycles. The van der Waals surface area contributed by atoms with E-state index in [1.165, 1.54) is 11.3 Å². The van der Waals surface area contributed by atoms with Crippen molar-refractivity contribution in [2.75, 3.05) is 6.67 Å². The fraction of sp³-hybridized carbons (Fsp3) is 0.417. The van der Waals surface area contributed by atoms with Gasteiger partial charge in [0.05, 0.1) is 0 Å². The fourth-order valence-corrected chi connectivity index (χ4v) is 1.77. The molecule has 0 amide bonds. The highest BCUT2D eigenvalue weighted by Gasteiger charge is 2.25. The van der Waals surface area contributed by atoms with Crippen LogP contribution in [0.2, 0.25) is 0 Å². The lowest BCUT2D eigenvalue weighted by Gasteiger charge is -2.34. The van der Waals surface area contributed by atoms with Crippen molar-refractivity contribution < 1.29 is 0 Å². The number of rotatable bonds is 0. The van der Waals surface area contributed by atoms with Crippen LogP contribution in [0.1, 0.15) is 20.8 Å². The average Bonchev–Trinajstić information content (AvgIpc) is 2.15. The lowest BCUT2D eigenvalue weighted by Crippen LogP contribution is -2.27. The summed E-state index contributed by atoms with van der Waals surface area (Å²) in [4.78, 5) is 6.41. The smallest absolute Gasteiger partial charge is 0.114 e. The predicted molar refractivity (Wildman–Crippen MR) is 60.0 cm³/mol. The molecule has 0 unspecified atom stereocenters. The van der Waals surface area contributed by atoms with Crippen molar-refractivity contribution >= 4 is 6.21 Å². The maximum atomic E-state index is 4.22. The van der Waals surface area contributed by atoms with Crippen LogP contribution in [0.15, 0.2) is 40.7 Å². The Hall–Kier alpha value is -1.31. The predicted octanol–water partition coefficient (Wildman–Crippen LogP) is 2.71. The molecule has 0 aromatic heterocycles. The van der Waals surface area contributed by atoms with E-state index in [2.05, 4.69) is 55.1 Å². The summed E-state index contributed by atoms with van der Waals surface area (Å²) in [6.07, 6.45) is 10.4. The lowest BCUT2D eigenvalue weighted by molar-refractivity contribution is 0.424. The van der Waals surface area contributed by atoms with E-state index in [9.17, 15) is 0 Å². The maximum Gasteiger partial charge on any atom is 0.114 e. The van der Waals surface area contributed by atoms with E-state index in [1.54, 1.807) is 0 Å². The first-order chi connectivity index (χ1) is 6.59. The topological polar surface area (TPSA) is 15.6 Å². The van der Waals surface area contributed by atoms with Crippen LogP contribution in [0, 0.1) is 5.41 Å². The van der Waals surface area contributed by atoms with E-state index >= 15 is 0 Å². The van der Waals surface area contributed by atoms with Crippen LogP contribution >= 0.6 is 0 Å². The molecule has 0 saturated heterocycles. The quantitative estimate of drug-likeness (QED) is 0.570. The molecule has 0 aliphatic carbocycles. The Morgan fingerprint density at radius 1 is 1.29 bits per heavy atom. The van der Waals surface area contributed by atoms with Crippen LogP contribution in [-0.4, -0.2) is 17.8 Å². The summed E-state index contributed by atoms with van der Waals surface area (Å²) in [5, 5.41) is 0. The van der Waals surface area contributed by atoms with Gasteiger partial charge in [0, 0.05) is 18.1 Å². The molecule has 0 radical (unpaired) electrons. The van der Waals surface area contributed by atoms with Gasteiger partial charge in [0.2, 0.25) is 0 Å². The molecule has 0 bridgehead atoms. The first-order valence-electron chi connectivity index (χ1n) is 4.95. The molecule has 0 atom stereocenters. The number of nitrogens with zero attached hydrogens (tertiary/aromatic N) is 2. The molecule has 0 spiro atoms. The zero-order valence-corrected chi connectivity index (χ0v) is 8.99. The third kappa shape index (κ3) is 1.52. The van der Waals surface area contributed by atoms with E-state index in [1.807, 2.05) is 6.21 Å². The van der Waals surface area contributed by atoms with E-state index in [4.69, 9.17) is 0 Å². The Balaban J connectivity index is 2.41. The van der Waals surface area contributed by atoms with Crippen LogP contribution in [0.3, 0.4) is 0 Å². The molecule has 2 aliphatic rings. The monoisotopic (exact) mass is 188 g/mol. The van der Waals surface area contributed by atoms with Gasteiger partial charge in [-0.3, -0.25) is 4.99 Å². The van der Waals surface area contributed by atoms with Gasteiger partial charge in [-0.1, -0.05) is 26.8 Å². The number of fused-ring (bicyclic) bond motifs is 1. The number of hydrogen-bond acceptors (Lipinski definition) is 2. The van der Waals surface area contributed by atoms with Gasteiger partial charge in [-0.15, -0.1) is 0 Å². The van der Waals surface area contributed by atoms with Gasteiger partial charge in [0.15, 0.2) is 0 Å². The van der Waals surface area contributed by atoms with Gasteiger partial charge < -0.3 is 4.90 Å². The number of hydrogen-bond donors (Lipinski definition) is 0. The first kappa shape index (κ1) is 9.25. The molecular formula is C12H16N2. The second-order valence-corrected chi connectivity index (χ2v) is 4.67. The van der Waals surface area contributed by atoms with Crippen molar-refractivity contribution in [2.45, 2.75) is 20.8 Å². The molecule has 0 saturated carbocycles. The minimum absolute atomic E-state index is 0.194. The number of aliphatic imine (C=N–C) groups is 1. The summed E-state index contributed by atoms with van der Waals surface area (Å²) < 4.78 is 0. The summed E-state index contributed by atoms with van der Waals surface area (Å²) in [6.45, 7) is 7.46. The second-order valence-electron chi connectivity index (χ2n) is 4.67. The van der Waals surface area contributed by atoms with Crippen molar-refractivity contribution in [1.82, 2.24) is 4.90 Å². The van der Waals surface area contributed by atoms with Crippen LogP contribution < -0.4 is 0 Å². The van der Waals surface area contributed by atoms with E-state index in [-0.39, 0.29) is 5.41 Å². The molecular weight excluding hydrogens is 172 g/mol. The van der Waals surface area contributed by atoms with Gasteiger partial charge in [-0.05, 0) is 23.1 Å². The molecule has 0 aromatic carbocycles. The molecule has 2 heteroatoms. The van der Waals surface area contributed by atoms with Crippen molar-refractivity contribution in [3.05, 3.63) is 35.7 Å². The van der Waals surface area contributed by atoms with Crippen LogP contribution in [-0.2, 0) is 0 Å². The highest BCUT2D eigenvalue weighted by atomic mass is 15.2. The van der Waals surface area contributed by atoms with Crippen molar-refractivity contribution in [1.29, 1.82) is 0 Å². The molecule has 0 N–H and O–H groups in total. The highest BCUT2D eigenvalue weighted by Crippen LogP contribution is 2.35. The van der Waals surface area contributed by atoms with Crippen molar-refractivity contribution in [2.24, 2.45) is 10.4 Å². The fourth-order valence-electron chi connectivity index (χ4n) is 1.77. The lowest BCUT2D eigenvalue weighted by atomic mass is 9.82. The van der Waals surface area contributed by atoms with Gasteiger partial charge >= 0.3 is 0 Å². The highest BCUT2D eigenvalue weighted by molar-refractivity contribution is 5.75. The summed E-state index contributed by atoms with van der Waals surface area (Å²) in [6, 6.07) is 0. The normalized spacial score (nSPS) is 20.4. The molecule has 74 valence electrons. The van der Waals surface area contributed by atoms with Gasteiger partial charge in [0.1, 0.15) is 6.67 Å². The van der Waals surface area contributed by atoms with Crippen molar-refractivity contribution in [3.8, 4) is 0 Å². The molecule has 2 nitrogen and oxygen atoms in total. The average molecular weight is 188 g/mol. The summed E-state index contributed by atoms with van der Waals surface area (Å²) in [7, 11) is 0. The molecule has 0 aromatic rings. The van der Waals surface area contributed by atoms with E-state index in [0.29, 0.717) is 0 Å². The Morgan fingerprint density at radius 3 is 2.79 bits per heavy atom. The minimum atomic E-state index is 0.194. The summed E-state index contributed by atoms with van der Waals surface area (Å²) >= 11 is 0. The first-order valence-corrected chi connectivity index (χ1v) is 4.95. The Morgan fingerprint density at radius 2 is 2.07 bits per heavy atom. The van der Waals surface area contributed by atoms with Crippen LogP contribution in [0.4, 0.5) is 0 Å². The molecule has 2 heterocycles. The Labute approximate surface area is 85.3 Å². The van der Waals surface area contributed by atoms with E-state index in [0.717, 1.165) is 6.67 Å². The van der Waals surface area contributed by atoms with Crippen molar-refractivity contribution in [3.63, 3.8) is 0 Å². The third-order valence-corrected chi connectivity index (χ3v) is 2.49. The standard InChI is InChI=1S/C12H16N2/c1-12(2,3)10-5-4-8-14-9-13-7-6-11(10)14/h4-8H,9H2,1-3H3. The third-order valence-electron chi connectivity index (χ3n) is 2.49. The zero-order chi connectivity index (χ0) is 10.2. The second kappa shape index (κ2) is 3.12. The summed E-state index contributed by atoms with van der Waals surface area (Å²) in [5.74, 6) is 0. The Kier molecular flexibility index (Phi) is 2.06. The van der Waals surface area contributed by atoms with E-state index < -0.39 is 0 Å². The van der Waals surface area contributed by atoms with Gasteiger partial charge in [0.25, 0.3) is 0 Å². The largest absolute Gasteiger partial charge is 0.328 e. The Bertz CT molecular complexity index is 351.